The first-order valence-electron chi connectivity index (χ1n) is 22.7. The topological polar surface area (TPSA) is 214 Å². The Kier molecular flexibility index (Phi) is 31.0. The molecule has 0 aromatic heterocycles. The van der Waals surface area contributed by atoms with Gasteiger partial charge < -0.3 is 64.2 Å². The van der Waals surface area contributed by atoms with Gasteiger partial charge in [0.2, 0.25) is 0 Å². The molecule has 0 amide bonds. The van der Waals surface area contributed by atoms with Crippen LogP contribution in [0.3, 0.4) is 0 Å². The summed E-state index contributed by atoms with van der Waals surface area (Å²) in [4.78, 5) is 12.9. The van der Waals surface area contributed by atoms with Gasteiger partial charge in [-0.05, 0) is 51.4 Å². The number of hydrogen-bond acceptors (Lipinski definition) is 14. The summed E-state index contributed by atoms with van der Waals surface area (Å²) in [7, 11) is 0. The lowest BCUT2D eigenvalue weighted by Crippen LogP contribution is -2.61. The van der Waals surface area contributed by atoms with Gasteiger partial charge in [0.15, 0.2) is 12.6 Å². The molecule has 14 nitrogen and oxygen atoms in total. The van der Waals surface area contributed by atoms with Crippen molar-refractivity contribution >= 4 is 5.97 Å². The Hall–Kier alpha value is -2.05. The third-order valence-electron chi connectivity index (χ3n) is 10.6. The largest absolute Gasteiger partial charge is 0.457 e. The van der Waals surface area contributed by atoms with Gasteiger partial charge in [0.25, 0.3) is 0 Å². The van der Waals surface area contributed by atoms with E-state index in [-0.39, 0.29) is 19.6 Å². The van der Waals surface area contributed by atoms with E-state index in [9.17, 15) is 40.5 Å². The lowest BCUT2D eigenvalue weighted by Gasteiger charge is -2.42. The molecule has 0 radical (unpaired) electrons. The molecule has 0 bridgehead atoms. The van der Waals surface area contributed by atoms with Crippen LogP contribution in [-0.4, -0.2) is 142 Å². The zero-order valence-electron chi connectivity index (χ0n) is 36.4. The highest BCUT2D eigenvalue weighted by molar-refractivity contribution is 5.69. The molecule has 0 spiro atoms. The summed E-state index contributed by atoms with van der Waals surface area (Å²) in [6, 6.07) is 0. The van der Waals surface area contributed by atoms with Crippen LogP contribution in [0.4, 0.5) is 0 Å². The van der Waals surface area contributed by atoms with Crippen LogP contribution in [0.2, 0.25) is 0 Å². The molecule has 60 heavy (non-hydrogen) atoms. The lowest BCUT2D eigenvalue weighted by molar-refractivity contribution is -0.332. The van der Waals surface area contributed by atoms with Crippen molar-refractivity contribution in [2.24, 2.45) is 0 Å². The van der Waals surface area contributed by atoms with Gasteiger partial charge in [-0.15, -0.1) is 0 Å². The van der Waals surface area contributed by atoms with E-state index in [1.165, 1.54) is 25.7 Å². The fourth-order valence-electron chi connectivity index (χ4n) is 6.86. The molecule has 0 aliphatic carbocycles. The molecular weight excluding hydrogens is 776 g/mol. The molecule has 11 unspecified atom stereocenters. The minimum absolute atomic E-state index is 0.0541. The summed E-state index contributed by atoms with van der Waals surface area (Å²) < 4.78 is 34.0. The number of carbonyl (C=O) groups excluding carboxylic acids is 1. The van der Waals surface area contributed by atoms with Crippen LogP contribution >= 0.6 is 0 Å². The number of hydrogen-bond donors (Lipinski definition) is 7. The molecule has 2 rings (SSSR count). The molecule has 0 saturated carbocycles. The van der Waals surface area contributed by atoms with E-state index in [1.807, 2.05) is 0 Å². The Bertz CT molecular complexity index is 1180. The molecule has 2 aliphatic heterocycles. The summed E-state index contributed by atoms with van der Waals surface area (Å²) in [5, 5.41) is 71.8. The molecule has 2 aliphatic rings. The minimum atomic E-state index is -1.71. The number of allylic oxidation sites excluding steroid dienone is 8. The van der Waals surface area contributed by atoms with E-state index >= 15 is 0 Å². The van der Waals surface area contributed by atoms with Crippen LogP contribution in [-0.2, 0) is 33.2 Å². The first-order valence-corrected chi connectivity index (χ1v) is 22.7. The van der Waals surface area contributed by atoms with Crippen LogP contribution < -0.4 is 0 Å². The normalized spacial score (nSPS) is 28.1. The molecule has 2 fully saturated rings. The van der Waals surface area contributed by atoms with Crippen molar-refractivity contribution in [3.05, 3.63) is 48.6 Å². The van der Waals surface area contributed by atoms with E-state index in [0.29, 0.717) is 13.0 Å². The summed E-state index contributed by atoms with van der Waals surface area (Å²) in [5.41, 5.74) is 0. The second-order valence-corrected chi connectivity index (χ2v) is 15.8. The van der Waals surface area contributed by atoms with E-state index in [1.54, 1.807) is 0 Å². The SMILES string of the molecule is CC/C=C\C/C=C\C/C=C\C/C=C\CCCCCCCCC(=O)OC(COCCCCCCCCC)COC1OC(COC2OC(CO)C(O)C(O)C2O)C(O)C(O)C1O. The number of esters is 1. The molecule has 11 atom stereocenters. The van der Waals surface area contributed by atoms with Crippen molar-refractivity contribution in [2.45, 2.75) is 203 Å². The van der Waals surface area contributed by atoms with Crippen molar-refractivity contribution in [1.29, 1.82) is 0 Å². The average Bonchev–Trinajstić information content (AvgIpc) is 3.24. The van der Waals surface area contributed by atoms with Crippen molar-refractivity contribution in [2.75, 3.05) is 33.0 Å². The van der Waals surface area contributed by atoms with E-state index < -0.39 is 86.7 Å². The van der Waals surface area contributed by atoms with Gasteiger partial charge in [-0.2, -0.15) is 0 Å². The third-order valence-corrected chi connectivity index (χ3v) is 10.6. The van der Waals surface area contributed by atoms with Gasteiger partial charge in [0.1, 0.15) is 54.9 Å². The highest BCUT2D eigenvalue weighted by atomic mass is 16.7. The standard InChI is InChI=1S/C46H80O14/c1-3-5-7-9-11-12-13-14-15-16-17-18-19-20-21-22-23-25-27-29-38(48)58-35(32-55-30-28-26-24-10-8-6-4-2)33-56-45-44(54)42(52)40(50)37(60-45)34-57-46-43(53)41(51)39(49)36(31-47)59-46/h5,7,11-12,14-15,17-18,35-37,39-47,49-54H,3-4,6,8-10,13,16,19-34H2,1-2H3/b7-5-,12-11-,15-14-,18-17-. The molecule has 0 aromatic rings. The Morgan fingerprint density at radius 3 is 1.70 bits per heavy atom. The molecule has 348 valence electrons. The molecule has 7 N–H and O–H groups in total. The lowest BCUT2D eigenvalue weighted by atomic mass is 9.98. The molecule has 2 saturated heterocycles. The zero-order valence-corrected chi connectivity index (χ0v) is 36.4. The third kappa shape index (κ3) is 22.9. The van der Waals surface area contributed by atoms with Gasteiger partial charge in [0, 0.05) is 13.0 Å². The van der Waals surface area contributed by atoms with Crippen LogP contribution in [0.1, 0.15) is 136 Å². The second kappa shape index (κ2) is 34.4. The summed E-state index contributed by atoms with van der Waals surface area (Å²) in [5.74, 6) is -0.395. The number of carbonyl (C=O) groups is 1. The van der Waals surface area contributed by atoms with Crippen LogP contribution in [0.25, 0.3) is 0 Å². The average molecular weight is 857 g/mol. The Morgan fingerprint density at radius 2 is 1.08 bits per heavy atom. The number of aliphatic hydroxyl groups excluding tert-OH is 7. The fourth-order valence-corrected chi connectivity index (χ4v) is 6.86. The van der Waals surface area contributed by atoms with E-state index in [2.05, 4.69) is 62.5 Å². The highest BCUT2D eigenvalue weighted by Gasteiger charge is 2.47. The van der Waals surface area contributed by atoms with Gasteiger partial charge in [0.05, 0.1) is 26.4 Å². The summed E-state index contributed by atoms with van der Waals surface area (Å²) >= 11 is 0. The van der Waals surface area contributed by atoms with Crippen molar-refractivity contribution in [3.63, 3.8) is 0 Å². The number of rotatable bonds is 34. The Balaban J connectivity index is 1.77. The minimum Gasteiger partial charge on any atom is -0.457 e. The Labute approximate surface area is 359 Å². The smallest absolute Gasteiger partial charge is 0.306 e. The maximum absolute atomic E-state index is 12.9. The van der Waals surface area contributed by atoms with Crippen LogP contribution in [0, 0.1) is 0 Å². The van der Waals surface area contributed by atoms with Crippen molar-refractivity contribution in [3.8, 4) is 0 Å². The molecule has 2 heterocycles. The maximum atomic E-state index is 12.9. The van der Waals surface area contributed by atoms with Gasteiger partial charge >= 0.3 is 5.97 Å². The quantitative estimate of drug-likeness (QED) is 0.0251. The predicted molar refractivity (Wildman–Crippen MR) is 229 cm³/mol. The van der Waals surface area contributed by atoms with Crippen LogP contribution in [0.5, 0.6) is 0 Å². The maximum Gasteiger partial charge on any atom is 0.306 e. The monoisotopic (exact) mass is 857 g/mol. The predicted octanol–water partition coefficient (Wildman–Crippen LogP) is 5.23. The first-order chi connectivity index (χ1) is 29.1. The molecule has 0 aromatic carbocycles. The zero-order chi connectivity index (χ0) is 43.8. The highest BCUT2D eigenvalue weighted by Crippen LogP contribution is 2.26. The van der Waals surface area contributed by atoms with Crippen molar-refractivity contribution < 1.29 is 69.0 Å². The molecular formula is C46H80O14. The van der Waals surface area contributed by atoms with Crippen LogP contribution in [0.15, 0.2) is 48.6 Å². The van der Waals surface area contributed by atoms with Crippen molar-refractivity contribution in [1.82, 2.24) is 0 Å². The Morgan fingerprint density at radius 1 is 0.567 bits per heavy atom. The first kappa shape index (κ1) is 54.1. The fraction of sp³-hybridized carbons (Fsp3) is 0.804. The van der Waals surface area contributed by atoms with Gasteiger partial charge in [-0.1, -0.05) is 127 Å². The summed E-state index contributed by atoms with van der Waals surface area (Å²) in [6.07, 6.45) is 20.6. The second-order valence-electron chi connectivity index (χ2n) is 15.8. The number of ether oxygens (including phenoxy) is 6. The number of unbranched alkanes of at least 4 members (excludes halogenated alkanes) is 12. The molecule has 14 heteroatoms. The van der Waals surface area contributed by atoms with E-state index in [0.717, 1.165) is 83.5 Å². The van der Waals surface area contributed by atoms with E-state index in [4.69, 9.17) is 28.4 Å². The van der Waals surface area contributed by atoms with Gasteiger partial charge in [-0.25, -0.2) is 0 Å². The van der Waals surface area contributed by atoms with Gasteiger partial charge in [-0.3, -0.25) is 4.79 Å². The summed E-state index contributed by atoms with van der Waals surface area (Å²) in [6.45, 7) is 3.49. The number of aliphatic hydroxyl groups is 7.